The van der Waals surface area contributed by atoms with Gasteiger partial charge < -0.3 is 9.84 Å². The first-order chi connectivity index (χ1) is 10.4. The molecule has 22 heavy (non-hydrogen) atoms. The van der Waals surface area contributed by atoms with Crippen LogP contribution in [-0.4, -0.2) is 50.1 Å². The van der Waals surface area contributed by atoms with E-state index in [-0.39, 0.29) is 23.9 Å². The van der Waals surface area contributed by atoms with Crippen molar-refractivity contribution in [2.45, 2.75) is 23.8 Å². The Morgan fingerprint density at radius 3 is 2.32 bits per heavy atom. The number of hydrogen-bond acceptors (Lipinski definition) is 4. The summed E-state index contributed by atoms with van der Waals surface area (Å²) in [5, 5.41) is 9.56. The predicted octanol–water partition coefficient (Wildman–Crippen LogP) is 1.84. The van der Waals surface area contributed by atoms with Crippen molar-refractivity contribution in [2.75, 3.05) is 20.2 Å². The maximum Gasteiger partial charge on any atom is 0.333 e. The van der Waals surface area contributed by atoms with Gasteiger partial charge in [0.1, 0.15) is 0 Å². The molecule has 1 aromatic rings. The number of halogens is 1. The fourth-order valence-electron chi connectivity index (χ4n) is 2.67. The van der Waals surface area contributed by atoms with Gasteiger partial charge in [-0.15, -0.1) is 0 Å². The van der Waals surface area contributed by atoms with E-state index in [1.54, 1.807) is 0 Å². The summed E-state index contributed by atoms with van der Waals surface area (Å²) in [6.45, 7) is 0.561. The van der Waals surface area contributed by atoms with Crippen LogP contribution in [-0.2, 0) is 19.6 Å². The van der Waals surface area contributed by atoms with Crippen LogP contribution < -0.4 is 0 Å². The van der Waals surface area contributed by atoms with E-state index in [0.717, 1.165) is 0 Å². The lowest BCUT2D eigenvalue weighted by molar-refractivity contribution is -0.152. The average Bonchev–Trinajstić information content (AvgIpc) is 2.48. The quantitative estimate of drug-likeness (QED) is 0.878. The van der Waals surface area contributed by atoms with E-state index in [0.29, 0.717) is 17.9 Å². The molecule has 1 heterocycles. The molecule has 0 spiro atoms. The molecule has 0 bridgehead atoms. The minimum atomic E-state index is -3.57. The molecule has 0 radical (unpaired) electrons. The molecule has 1 N–H and O–H groups in total. The number of carboxylic acids is 1. The van der Waals surface area contributed by atoms with E-state index in [1.165, 1.54) is 35.7 Å². The molecule has 0 saturated carbocycles. The summed E-state index contributed by atoms with van der Waals surface area (Å²) in [6.07, 6.45) is 0.0234. The van der Waals surface area contributed by atoms with Gasteiger partial charge in [0.05, 0.1) is 4.90 Å². The third-order valence-electron chi connectivity index (χ3n) is 3.88. The Morgan fingerprint density at radius 2 is 1.86 bits per heavy atom. The lowest BCUT2D eigenvalue weighted by Crippen LogP contribution is -2.43. The van der Waals surface area contributed by atoms with Crippen LogP contribution in [0.25, 0.3) is 0 Å². The smallest absolute Gasteiger partial charge is 0.333 e. The van der Waals surface area contributed by atoms with E-state index in [4.69, 9.17) is 21.4 Å². The Morgan fingerprint density at radius 1 is 1.32 bits per heavy atom. The molecule has 0 aromatic heterocycles. The minimum Gasteiger partial charge on any atom is -0.479 e. The predicted molar refractivity (Wildman–Crippen MR) is 81.4 cm³/mol. The first-order valence-electron chi connectivity index (χ1n) is 6.87. The number of aliphatic carboxylic acids is 1. The number of carboxylic acid groups (broad SMARTS) is 1. The molecular formula is C14H18ClNO5S. The molecule has 2 rings (SSSR count). The van der Waals surface area contributed by atoms with E-state index >= 15 is 0 Å². The number of carbonyl (C=O) groups is 1. The normalized spacial score (nSPS) is 19.0. The molecular weight excluding hydrogens is 330 g/mol. The highest BCUT2D eigenvalue weighted by Gasteiger charge is 2.35. The second kappa shape index (κ2) is 6.95. The second-order valence-electron chi connectivity index (χ2n) is 5.19. The Kier molecular flexibility index (Phi) is 5.44. The number of methoxy groups -OCH3 is 1. The minimum absolute atomic E-state index is 0.181. The fourth-order valence-corrected chi connectivity index (χ4v) is 4.27. The van der Waals surface area contributed by atoms with E-state index in [2.05, 4.69) is 0 Å². The largest absolute Gasteiger partial charge is 0.479 e. The number of piperidine rings is 1. The third kappa shape index (κ3) is 3.60. The lowest BCUT2D eigenvalue weighted by Gasteiger charge is -2.33. The van der Waals surface area contributed by atoms with Crippen molar-refractivity contribution in [3.8, 4) is 0 Å². The van der Waals surface area contributed by atoms with Crippen molar-refractivity contribution in [3.05, 3.63) is 29.3 Å². The van der Waals surface area contributed by atoms with Crippen LogP contribution >= 0.6 is 11.6 Å². The van der Waals surface area contributed by atoms with Crippen LogP contribution in [0.3, 0.4) is 0 Å². The monoisotopic (exact) mass is 347 g/mol. The van der Waals surface area contributed by atoms with Gasteiger partial charge in [-0.1, -0.05) is 11.6 Å². The number of rotatable bonds is 5. The standard InChI is InChI=1S/C14H18ClNO5S/c1-21-13(14(17)18)10-6-8-16(9-7-10)22(19,20)12-4-2-11(15)3-5-12/h2-5,10,13H,6-9H2,1H3,(H,17,18). The molecule has 6 nitrogen and oxygen atoms in total. The number of ether oxygens (including phenoxy) is 1. The van der Waals surface area contributed by atoms with Gasteiger partial charge in [0, 0.05) is 25.2 Å². The molecule has 1 aliphatic rings. The first kappa shape index (κ1) is 17.2. The molecule has 0 amide bonds. The van der Waals surface area contributed by atoms with Gasteiger partial charge >= 0.3 is 5.97 Å². The highest BCUT2D eigenvalue weighted by molar-refractivity contribution is 7.89. The van der Waals surface area contributed by atoms with E-state index in [1.807, 2.05) is 0 Å². The number of hydrogen-bond donors (Lipinski definition) is 1. The van der Waals surface area contributed by atoms with Crippen LogP contribution in [0.5, 0.6) is 0 Å². The molecule has 8 heteroatoms. The molecule has 1 aromatic carbocycles. The topological polar surface area (TPSA) is 83.9 Å². The lowest BCUT2D eigenvalue weighted by atomic mass is 9.92. The SMILES string of the molecule is COC(C(=O)O)C1CCN(S(=O)(=O)c2ccc(Cl)cc2)CC1. The van der Waals surface area contributed by atoms with Crippen LogP contribution in [0.2, 0.25) is 5.02 Å². The molecule has 122 valence electrons. The fraction of sp³-hybridized carbons (Fsp3) is 0.500. The van der Waals surface area contributed by atoms with Crippen LogP contribution in [0.4, 0.5) is 0 Å². The van der Waals surface area contributed by atoms with Gasteiger partial charge in [0.2, 0.25) is 10.0 Å². The number of nitrogens with zero attached hydrogens (tertiary/aromatic N) is 1. The number of sulfonamides is 1. The number of benzene rings is 1. The molecule has 1 fully saturated rings. The molecule has 1 saturated heterocycles. The zero-order valence-corrected chi connectivity index (χ0v) is 13.7. The van der Waals surface area contributed by atoms with Crippen molar-refractivity contribution in [1.29, 1.82) is 0 Å². The summed E-state index contributed by atoms with van der Waals surface area (Å²) in [4.78, 5) is 11.3. The van der Waals surface area contributed by atoms with Gasteiger partial charge in [-0.05, 0) is 43.0 Å². The molecule has 1 atom stereocenters. The second-order valence-corrected chi connectivity index (χ2v) is 7.56. The van der Waals surface area contributed by atoms with Crippen molar-refractivity contribution in [3.63, 3.8) is 0 Å². The summed E-state index contributed by atoms with van der Waals surface area (Å²) in [7, 11) is -2.21. The summed E-state index contributed by atoms with van der Waals surface area (Å²) in [5.74, 6) is -1.19. The van der Waals surface area contributed by atoms with Gasteiger partial charge in [0.15, 0.2) is 6.10 Å². The van der Waals surface area contributed by atoms with Crippen LogP contribution in [0.15, 0.2) is 29.2 Å². The first-order valence-corrected chi connectivity index (χ1v) is 8.69. The van der Waals surface area contributed by atoms with Crippen molar-refractivity contribution < 1.29 is 23.1 Å². The summed E-state index contributed by atoms with van der Waals surface area (Å²) >= 11 is 5.77. The van der Waals surface area contributed by atoms with E-state index in [9.17, 15) is 13.2 Å². The van der Waals surface area contributed by atoms with Crippen molar-refractivity contribution >= 4 is 27.6 Å². The maximum absolute atomic E-state index is 12.5. The van der Waals surface area contributed by atoms with Crippen LogP contribution in [0, 0.1) is 5.92 Å². The Bertz CT molecular complexity index is 623. The highest BCUT2D eigenvalue weighted by atomic mass is 35.5. The highest BCUT2D eigenvalue weighted by Crippen LogP contribution is 2.27. The van der Waals surface area contributed by atoms with Gasteiger partial charge in [-0.3, -0.25) is 0 Å². The van der Waals surface area contributed by atoms with Crippen LogP contribution in [0.1, 0.15) is 12.8 Å². The van der Waals surface area contributed by atoms with Gasteiger partial charge in [0.25, 0.3) is 0 Å². The van der Waals surface area contributed by atoms with Crippen molar-refractivity contribution in [2.24, 2.45) is 5.92 Å². The molecule has 1 unspecified atom stereocenters. The van der Waals surface area contributed by atoms with Crippen molar-refractivity contribution in [1.82, 2.24) is 4.31 Å². The summed E-state index contributed by atoms with van der Waals surface area (Å²) in [6, 6.07) is 6.01. The zero-order valence-electron chi connectivity index (χ0n) is 12.1. The maximum atomic E-state index is 12.5. The Balaban J connectivity index is 2.07. The zero-order chi connectivity index (χ0) is 16.3. The van der Waals surface area contributed by atoms with Gasteiger partial charge in [-0.25, -0.2) is 13.2 Å². The average molecular weight is 348 g/mol. The molecule has 0 aliphatic carbocycles. The third-order valence-corrected chi connectivity index (χ3v) is 6.04. The molecule has 1 aliphatic heterocycles. The van der Waals surface area contributed by atoms with Gasteiger partial charge in [-0.2, -0.15) is 4.31 Å². The summed E-state index contributed by atoms with van der Waals surface area (Å²) in [5.41, 5.74) is 0. The summed E-state index contributed by atoms with van der Waals surface area (Å²) < 4.78 is 31.4. The Labute approximate surface area is 134 Å². The Hall–Kier alpha value is -1.15. The van der Waals surface area contributed by atoms with E-state index < -0.39 is 22.1 Å².